The van der Waals surface area contributed by atoms with Gasteiger partial charge in [0, 0.05) is 0 Å². The SMILES string of the molecule is CCCCCCCCCCC(C)(C(=O)[O-])P(=O)(O)O.[Na+]. The number of unbranched alkanes of at least 4 members (excludes halogenated alkanes) is 7. The van der Waals surface area contributed by atoms with Crippen LogP contribution in [0.3, 0.4) is 0 Å². The summed E-state index contributed by atoms with van der Waals surface area (Å²) in [6.07, 6.45) is 8.17. The van der Waals surface area contributed by atoms with E-state index in [1.807, 2.05) is 0 Å². The van der Waals surface area contributed by atoms with Gasteiger partial charge in [-0.1, -0.05) is 58.3 Å². The normalized spacial score (nSPS) is 14.4. The summed E-state index contributed by atoms with van der Waals surface area (Å²) in [7, 11) is -4.68. The first kappa shape index (κ1) is 22.9. The van der Waals surface area contributed by atoms with Gasteiger partial charge in [0.2, 0.25) is 0 Å². The van der Waals surface area contributed by atoms with Crippen molar-refractivity contribution in [1.29, 1.82) is 0 Å². The van der Waals surface area contributed by atoms with E-state index in [9.17, 15) is 14.5 Å². The van der Waals surface area contributed by atoms with E-state index < -0.39 is 18.7 Å². The molecule has 0 aromatic heterocycles. The molecule has 20 heavy (non-hydrogen) atoms. The van der Waals surface area contributed by atoms with E-state index in [4.69, 9.17) is 9.79 Å². The maximum atomic E-state index is 11.2. The zero-order valence-corrected chi connectivity index (χ0v) is 15.8. The second-order valence-corrected chi connectivity index (χ2v) is 7.41. The number of carbonyl (C=O) groups is 1. The standard InChI is InChI=1S/C13H27O5P.Na/c1-3-4-5-6-7-8-9-10-11-13(2,12(14)15)19(16,17)18;/h3-11H2,1-2H3,(H,14,15)(H2,16,17,18);/q;+1/p-1. The molecule has 0 radical (unpaired) electrons. The maximum absolute atomic E-state index is 11.2. The van der Waals surface area contributed by atoms with Crippen molar-refractivity contribution < 1.29 is 53.8 Å². The summed E-state index contributed by atoms with van der Waals surface area (Å²) in [6.45, 7) is 3.23. The largest absolute Gasteiger partial charge is 1.00 e. The van der Waals surface area contributed by atoms with Crippen molar-refractivity contribution in [3.63, 3.8) is 0 Å². The van der Waals surface area contributed by atoms with Crippen LogP contribution in [0.2, 0.25) is 0 Å². The molecule has 0 aliphatic rings. The van der Waals surface area contributed by atoms with E-state index in [-0.39, 0.29) is 36.0 Å². The van der Waals surface area contributed by atoms with Crippen LogP contribution in [0.4, 0.5) is 0 Å². The van der Waals surface area contributed by atoms with Crippen molar-refractivity contribution in [2.24, 2.45) is 0 Å². The monoisotopic (exact) mass is 316 g/mol. The summed E-state index contributed by atoms with van der Waals surface area (Å²) in [5, 5.41) is 8.86. The molecule has 114 valence electrons. The van der Waals surface area contributed by atoms with Crippen LogP contribution in [0.25, 0.3) is 0 Å². The molecule has 5 nitrogen and oxygen atoms in total. The van der Waals surface area contributed by atoms with Gasteiger partial charge in [-0.25, -0.2) is 0 Å². The Morgan fingerprint density at radius 3 is 1.80 bits per heavy atom. The van der Waals surface area contributed by atoms with Gasteiger partial charge in [-0.2, -0.15) is 0 Å². The molecule has 0 rings (SSSR count). The van der Waals surface area contributed by atoms with Gasteiger partial charge in [0.15, 0.2) is 0 Å². The van der Waals surface area contributed by atoms with Crippen LogP contribution < -0.4 is 34.7 Å². The molecule has 1 unspecified atom stereocenters. The molecule has 0 aromatic carbocycles. The minimum absolute atomic E-state index is 0. The number of hydrogen-bond acceptors (Lipinski definition) is 3. The zero-order chi connectivity index (χ0) is 14.9. The third-order valence-electron chi connectivity index (χ3n) is 3.60. The Bertz CT molecular complexity index is 318. The summed E-state index contributed by atoms with van der Waals surface area (Å²) in [5.74, 6) is -1.66. The molecule has 0 aliphatic heterocycles. The van der Waals surface area contributed by atoms with E-state index in [0.717, 1.165) is 26.2 Å². The number of carboxylic acid groups (broad SMARTS) is 1. The van der Waals surface area contributed by atoms with Crippen LogP contribution in [0.15, 0.2) is 0 Å². The number of aliphatic carboxylic acids is 1. The van der Waals surface area contributed by atoms with E-state index in [1.165, 1.54) is 25.7 Å². The van der Waals surface area contributed by atoms with Crippen molar-refractivity contribution in [2.45, 2.75) is 76.8 Å². The van der Waals surface area contributed by atoms with Gasteiger partial charge in [0.05, 0.1) is 5.97 Å². The quantitative estimate of drug-likeness (QED) is 0.296. The minimum atomic E-state index is -4.68. The summed E-state index contributed by atoms with van der Waals surface area (Å²) in [4.78, 5) is 29.1. The number of carboxylic acids is 1. The second kappa shape index (κ2) is 11.2. The molecule has 0 amide bonds. The van der Waals surface area contributed by atoms with Crippen molar-refractivity contribution in [3.05, 3.63) is 0 Å². The molecular formula is C13H26NaO5P. The Labute approximate surface area is 144 Å². The smallest absolute Gasteiger partial charge is 0.549 e. The average molecular weight is 316 g/mol. The van der Waals surface area contributed by atoms with Gasteiger partial charge >= 0.3 is 37.2 Å². The van der Waals surface area contributed by atoms with Crippen molar-refractivity contribution in [2.75, 3.05) is 0 Å². The van der Waals surface area contributed by atoms with Crippen molar-refractivity contribution in [1.82, 2.24) is 0 Å². The Morgan fingerprint density at radius 2 is 1.45 bits per heavy atom. The summed E-state index contributed by atoms with van der Waals surface area (Å²) < 4.78 is 11.2. The van der Waals surface area contributed by atoms with Gasteiger partial charge in [-0.3, -0.25) is 4.57 Å². The molecule has 0 spiro atoms. The number of hydrogen-bond donors (Lipinski definition) is 2. The van der Waals surface area contributed by atoms with E-state index in [2.05, 4.69) is 6.92 Å². The summed E-state index contributed by atoms with van der Waals surface area (Å²) in [5.41, 5.74) is 0. The first-order chi connectivity index (χ1) is 8.75. The molecule has 1 atom stereocenters. The molecule has 0 heterocycles. The topological polar surface area (TPSA) is 97.7 Å². The number of rotatable bonds is 11. The Morgan fingerprint density at radius 1 is 1.05 bits per heavy atom. The predicted octanol–water partition coefficient (Wildman–Crippen LogP) is -0.792. The molecule has 0 aromatic rings. The van der Waals surface area contributed by atoms with Crippen LogP contribution >= 0.6 is 7.60 Å². The minimum Gasteiger partial charge on any atom is -0.549 e. The molecule has 2 N–H and O–H groups in total. The predicted molar refractivity (Wildman–Crippen MR) is 72.7 cm³/mol. The first-order valence-electron chi connectivity index (χ1n) is 7.03. The molecule has 0 aliphatic carbocycles. The fourth-order valence-corrected chi connectivity index (χ4v) is 2.66. The Balaban J connectivity index is 0. The van der Waals surface area contributed by atoms with E-state index in [1.54, 1.807) is 0 Å². The average Bonchev–Trinajstić information content (AvgIpc) is 2.30. The first-order valence-corrected chi connectivity index (χ1v) is 8.64. The summed E-state index contributed by atoms with van der Waals surface area (Å²) in [6, 6.07) is 0. The van der Waals surface area contributed by atoms with Crippen LogP contribution in [0.5, 0.6) is 0 Å². The fraction of sp³-hybridized carbons (Fsp3) is 0.923. The molecule has 0 bridgehead atoms. The molecule has 0 saturated heterocycles. The van der Waals surface area contributed by atoms with Crippen LogP contribution in [-0.2, 0) is 9.36 Å². The maximum Gasteiger partial charge on any atom is 1.00 e. The Hall–Kier alpha value is 0.620. The van der Waals surface area contributed by atoms with Gasteiger partial charge in [0.1, 0.15) is 5.16 Å². The van der Waals surface area contributed by atoms with Gasteiger partial charge in [-0.05, 0) is 13.3 Å². The number of carbonyl (C=O) groups excluding carboxylic acids is 1. The second-order valence-electron chi connectivity index (χ2n) is 5.33. The third-order valence-corrected chi connectivity index (χ3v) is 5.29. The zero-order valence-electron chi connectivity index (χ0n) is 12.9. The fourth-order valence-electron chi connectivity index (χ4n) is 1.97. The molecule has 7 heteroatoms. The summed E-state index contributed by atoms with van der Waals surface area (Å²) >= 11 is 0. The van der Waals surface area contributed by atoms with Crippen LogP contribution in [0, 0.1) is 0 Å². The Kier molecular flexibility index (Phi) is 12.8. The van der Waals surface area contributed by atoms with E-state index in [0.29, 0.717) is 6.42 Å². The third kappa shape index (κ3) is 8.16. The van der Waals surface area contributed by atoms with Gasteiger partial charge < -0.3 is 19.7 Å². The van der Waals surface area contributed by atoms with Gasteiger partial charge in [0.25, 0.3) is 0 Å². The van der Waals surface area contributed by atoms with Crippen molar-refractivity contribution in [3.8, 4) is 0 Å². The molecule has 0 saturated carbocycles. The van der Waals surface area contributed by atoms with Crippen LogP contribution in [0.1, 0.15) is 71.6 Å². The van der Waals surface area contributed by atoms with Gasteiger partial charge in [-0.15, -0.1) is 0 Å². The molecular weight excluding hydrogens is 290 g/mol. The van der Waals surface area contributed by atoms with Crippen molar-refractivity contribution >= 4 is 13.6 Å². The molecule has 0 fully saturated rings. The van der Waals surface area contributed by atoms with E-state index >= 15 is 0 Å². The van der Waals surface area contributed by atoms with Crippen LogP contribution in [-0.4, -0.2) is 20.9 Å².